The van der Waals surface area contributed by atoms with Crippen molar-refractivity contribution in [3.05, 3.63) is 34.9 Å². The zero-order chi connectivity index (χ0) is 18.0. The molecule has 1 fully saturated rings. The number of aromatic hydroxyl groups is 1. The highest BCUT2D eigenvalue weighted by molar-refractivity contribution is 5.72. The summed E-state index contributed by atoms with van der Waals surface area (Å²) in [7, 11) is 0. The van der Waals surface area contributed by atoms with Gasteiger partial charge in [-0.1, -0.05) is 13.0 Å². The number of anilines is 1. The van der Waals surface area contributed by atoms with Crippen molar-refractivity contribution in [2.45, 2.75) is 46.6 Å². The molecule has 0 bridgehead atoms. The van der Waals surface area contributed by atoms with E-state index >= 15 is 0 Å². The second kappa shape index (κ2) is 7.40. The number of hydrogen-bond donors (Lipinski definition) is 2. The number of hydrogen-bond acceptors (Lipinski definition) is 5. The zero-order valence-electron chi connectivity index (χ0n) is 15.6. The molecule has 1 atom stereocenters. The third-order valence-electron chi connectivity index (χ3n) is 4.99. The maximum Gasteiger partial charge on any atom is 0.151 e. The normalized spacial score (nSPS) is 18.3. The van der Waals surface area contributed by atoms with Crippen LogP contribution >= 0.6 is 0 Å². The van der Waals surface area contributed by atoms with E-state index in [1.54, 1.807) is 6.07 Å². The number of benzene rings is 1. The molecule has 3 rings (SSSR count). The lowest BCUT2D eigenvalue weighted by Gasteiger charge is -2.32. The van der Waals surface area contributed by atoms with Crippen LogP contribution in [0.2, 0.25) is 0 Å². The summed E-state index contributed by atoms with van der Waals surface area (Å²) in [6, 6.07) is 6.25. The van der Waals surface area contributed by atoms with Crippen LogP contribution in [0, 0.1) is 20.8 Å². The Morgan fingerprint density at radius 1 is 1.16 bits per heavy atom. The van der Waals surface area contributed by atoms with Crippen molar-refractivity contribution < 1.29 is 5.11 Å². The van der Waals surface area contributed by atoms with E-state index in [0.717, 1.165) is 53.3 Å². The Kier molecular flexibility index (Phi) is 5.23. The molecule has 0 aliphatic carbocycles. The molecule has 1 aromatic carbocycles. The van der Waals surface area contributed by atoms with Gasteiger partial charge in [0.05, 0.1) is 5.69 Å². The number of likely N-dealkylation sites (N-methyl/N-ethyl adjacent to an activating group) is 1. The van der Waals surface area contributed by atoms with Crippen LogP contribution in [0.15, 0.2) is 18.2 Å². The SMILES string of the molecule is CCN1CCC[C@@H](Nc2nnc(-c3c(C)cc(C)cc3O)cc2C)C1. The standard InChI is InChI=1S/C20H28N4O/c1-5-24-8-6-7-16(12-24)21-20-15(4)11-17(22-23-20)19-14(3)9-13(2)10-18(19)25/h9-11,16,25H,5-8,12H2,1-4H3,(H,21,23)/t16-/m1/s1. The maximum atomic E-state index is 10.3. The van der Waals surface area contributed by atoms with Crippen molar-refractivity contribution in [3.63, 3.8) is 0 Å². The van der Waals surface area contributed by atoms with Crippen LogP contribution in [0.1, 0.15) is 36.5 Å². The second-order valence-electron chi connectivity index (χ2n) is 7.11. The van der Waals surface area contributed by atoms with Gasteiger partial charge >= 0.3 is 0 Å². The highest BCUT2D eigenvalue weighted by Gasteiger charge is 2.20. The Balaban J connectivity index is 1.82. The van der Waals surface area contributed by atoms with Crippen LogP contribution in [-0.4, -0.2) is 45.9 Å². The van der Waals surface area contributed by atoms with Gasteiger partial charge in [0.2, 0.25) is 0 Å². The Hall–Kier alpha value is -2.14. The van der Waals surface area contributed by atoms with Crippen molar-refractivity contribution in [2.75, 3.05) is 25.0 Å². The van der Waals surface area contributed by atoms with Crippen LogP contribution in [-0.2, 0) is 0 Å². The fraction of sp³-hybridized carbons (Fsp3) is 0.500. The average molecular weight is 340 g/mol. The summed E-state index contributed by atoms with van der Waals surface area (Å²) < 4.78 is 0. The molecule has 25 heavy (non-hydrogen) atoms. The highest BCUT2D eigenvalue weighted by atomic mass is 16.3. The maximum absolute atomic E-state index is 10.3. The Morgan fingerprint density at radius 3 is 2.64 bits per heavy atom. The number of phenolic OH excluding ortho intramolecular Hbond substituents is 1. The molecular weight excluding hydrogens is 312 g/mol. The molecule has 1 saturated heterocycles. The average Bonchev–Trinajstić information content (AvgIpc) is 2.56. The third-order valence-corrected chi connectivity index (χ3v) is 4.99. The molecule has 0 spiro atoms. The second-order valence-corrected chi connectivity index (χ2v) is 7.11. The largest absolute Gasteiger partial charge is 0.507 e. The molecule has 1 aliphatic heterocycles. The number of likely N-dealkylation sites (tertiary alicyclic amines) is 1. The summed E-state index contributed by atoms with van der Waals surface area (Å²) in [5, 5.41) is 22.7. The van der Waals surface area contributed by atoms with Crippen molar-refractivity contribution >= 4 is 5.82 Å². The minimum atomic E-state index is 0.262. The van der Waals surface area contributed by atoms with E-state index in [2.05, 4.69) is 33.4 Å². The van der Waals surface area contributed by atoms with Gasteiger partial charge in [-0.2, -0.15) is 0 Å². The Morgan fingerprint density at radius 2 is 1.96 bits per heavy atom. The molecule has 0 amide bonds. The third kappa shape index (κ3) is 3.93. The smallest absolute Gasteiger partial charge is 0.151 e. The molecule has 2 aromatic rings. The van der Waals surface area contributed by atoms with Gasteiger partial charge in [0.15, 0.2) is 5.82 Å². The minimum absolute atomic E-state index is 0.262. The van der Waals surface area contributed by atoms with Gasteiger partial charge < -0.3 is 15.3 Å². The van der Waals surface area contributed by atoms with Gasteiger partial charge in [0.1, 0.15) is 5.75 Å². The van der Waals surface area contributed by atoms with Crippen molar-refractivity contribution in [1.29, 1.82) is 0 Å². The fourth-order valence-electron chi connectivity index (χ4n) is 3.68. The van der Waals surface area contributed by atoms with Gasteiger partial charge in [0.25, 0.3) is 0 Å². The van der Waals surface area contributed by atoms with Gasteiger partial charge in [-0.05, 0) is 75.5 Å². The lowest BCUT2D eigenvalue weighted by Crippen LogP contribution is -2.42. The molecule has 2 N–H and O–H groups in total. The number of nitrogens with zero attached hydrogens (tertiary/aromatic N) is 3. The van der Waals surface area contributed by atoms with Crippen LogP contribution in [0.5, 0.6) is 5.75 Å². The molecule has 2 heterocycles. The van der Waals surface area contributed by atoms with E-state index in [9.17, 15) is 5.11 Å². The number of piperidine rings is 1. The summed E-state index contributed by atoms with van der Waals surface area (Å²) in [6.07, 6.45) is 2.38. The lowest BCUT2D eigenvalue weighted by molar-refractivity contribution is 0.226. The molecule has 5 heteroatoms. The topological polar surface area (TPSA) is 61.3 Å². The van der Waals surface area contributed by atoms with E-state index in [1.807, 2.05) is 26.8 Å². The van der Waals surface area contributed by atoms with Gasteiger partial charge in [-0.3, -0.25) is 0 Å². The molecule has 0 unspecified atom stereocenters. The first-order chi connectivity index (χ1) is 12.0. The number of nitrogens with one attached hydrogen (secondary N) is 1. The fourth-order valence-corrected chi connectivity index (χ4v) is 3.68. The van der Waals surface area contributed by atoms with Crippen molar-refractivity contribution in [1.82, 2.24) is 15.1 Å². The van der Waals surface area contributed by atoms with E-state index in [4.69, 9.17) is 0 Å². The first-order valence-electron chi connectivity index (χ1n) is 9.11. The van der Waals surface area contributed by atoms with Crippen LogP contribution in [0.4, 0.5) is 5.82 Å². The zero-order valence-corrected chi connectivity index (χ0v) is 15.6. The molecule has 5 nitrogen and oxygen atoms in total. The predicted octanol–water partition coefficient (Wildman–Crippen LogP) is 3.67. The number of phenols is 1. The Labute approximate surface area is 150 Å². The first kappa shape index (κ1) is 17.7. The van der Waals surface area contributed by atoms with Crippen molar-refractivity contribution in [2.24, 2.45) is 0 Å². The van der Waals surface area contributed by atoms with E-state index in [0.29, 0.717) is 6.04 Å². The first-order valence-corrected chi connectivity index (χ1v) is 9.11. The van der Waals surface area contributed by atoms with Gasteiger partial charge in [-0.15, -0.1) is 10.2 Å². The molecule has 1 aromatic heterocycles. The summed E-state index contributed by atoms with van der Waals surface area (Å²) in [4.78, 5) is 2.46. The van der Waals surface area contributed by atoms with Crippen molar-refractivity contribution in [3.8, 4) is 17.0 Å². The van der Waals surface area contributed by atoms with Crippen LogP contribution in [0.3, 0.4) is 0 Å². The monoisotopic (exact) mass is 340 g/mol. The number of aromatic nitrogens is 2. The molecular formula is C20H28N4O. The lowest BCUT2D eigenvalue weighted by atomic mass is 10.0. The number of rotatable bonds is 4. The van der Waals surface area contributed by atoms with E-state index < -0.39 is 0 Å². The molecule has 0 radical (unpaired) electrons. The number of aryl methyl sites for hydroxylation is 3. The van der Waals surface area contributed by atoms with E-state index in [-0.39, 0.29) is 5.75 Å². The van der Waals surface area contributed by atoms with E-state index in [1.165, 1.54) is 13.0 Å². The van der Waals surface area contributed by atoms with Crippen LogP contribution in [0.25, 0.3) is 11.3 Å². The molecule has 134 valence electrons. The quantitative estimate of drug-likeness (QED) is 0.889. The predicted molar refractivity (Wildman–Crippen MR) is 102 cm³/mol. The highest BCUT2D eigenvalue weighted by Crippen LogP contribution is 2.33. The minimum Gasteiger partial charge on any atom is -0.507 e. The summed E-state index contributed by atoms with van der Waals surface area (Å²) in [5.41, 5.74) is 4.59. The molecule has 1 aliphatic rings. The summed E-state index contributed by atoms with van der Waals surface area (Å²) in [5.74, 6) is 1.11. The Bertz CT molecular complexity index is 736. The molecule has 0 saturated carbocycles. The summed E-state index contributed by atoms with van der Waals surface area (Å²) >= 11 is 0. The summed E-state index contributed by atoms with van der Waals surface area (Å²) in [6.45, 7) is 11.5. The van der Waals surface area contributed by atoms with Gasteiger partial charge in [-0.25, -0.2) is 0 Å². The van der Waals surface area contributed by atoms with Gasteiger partial charge in [0, 0.05) is 18.2 Å². The van der Waals surface area contributed by atoms with Crippen LogP contribution < -0.4 is 5.32 Å².